The Kier molecular flexibility index (Phi) is 7.10. The number of hydrogen-bond donors (Lipinski definition) is 1. The van der Waals surface area contributed by atoms with Gasteiger partial charge in [-0.05, 0) is 24.3 Å². The van der Waals surface area contributed by atoms with Crippen molar-refractivity contribution in [3.63, 3.8) is 0 Å². The lowest BCUT2D eigenvalue weighted by molar-refractivity contribution is -0.131. The molecule has 3 nitrogen and oxygen atoms in total. The normalized spacial score (nSPS) is 23.9. The van der Waals surface area contributed by atoms with Crippen molar-refractivity contribution in [1.82, 2.24) is 4.90 Å². The molecule has 1 saturated heterocycles. The highest BCUT2D eigenvalue weighted by molar-refractivity contribution is 5.85. The Morgan fingerprint density at radius 2 is 2.00 bits per heavy atom. The Bertz CT molecular complexity index is 244. The molecule has 17 heavy (non-hydrogen) atoms. The Morgan fingerprint density at radius 1 is 1.41 bits per heavy atom. The van der Waals surface area contributed by atoms with E-state index < -0.39 is 0 Å². The van der Waals surface area contributed by atoms with Crippen LogP contribution in [0.25, 0.3) is 0 Å². The molecule has 2 N–H and O–H groups in total. The number of likely N-dealkylation sites (tertiary alicyclic amines) is 1. The van der Waals surface area contributed by atoms with Crippen molar-refractivity contribution in [1.29, 1.82) is 0 Å². The second-order valence-electron chi connectivity index (χ2n) is 5.47. The minimum absolute atomic E-state index is 0. The van der Waals surface area contributed by atoms with E-state index in [1.807, 2.05) is 4.90 Å². The van der Waals surface area contributed by atoms with Crippen molar-refractivity contribution in [2.75, 3.05) is 19.6 Å². The second-order valence-corrected chi connectivity index (χ2v) is 5.47. The molecular formula is C13H27ClN2O. The molecular weight excluding hydrogens is 236 g/mol. The van der Waals surface area contributed by atoms with Gasteiger partial charge in [-0.2, -0.15) is 0 Å². The van der Waals surface area contributed by atoms with Gasteiger partial charge in [-0.1, -0.05) is 33.6 Å². The molecule has 0 saturated carbocycles. The lowest BCUT2D eigenvalue weighted by Crippen LogP contribution is -2.35. The standard InChI is InChI=1S/C13H26N2O.ClH/c1-4-11(5-2)8-12(16)15-7-6-13(3,9-14)10-15;/h11H,4-10,14H2,1-3H3;1H. The predicted octanol–water partition coefficient (Wildman–Crippen LogP) is 2.43. The molecule has 1 aliphatic heterocycles. The molecule has 102 valence electrons. The summed E-state index contributed by atoms with van der Waals surface area (Å²) >= 11 is 0. The Morgan fingerprint density at radius 3 is 2.41 bits per heavy atom. The van der Waals surface area contributed by atoms with Crippen molar-refractivity contribution in [3.8, 4) is 0 Å². The van der Waals surface area contributed by atoms with E-state index in [2.05, 4.69) is 20.8 Å². The maximum atomic E-state index is 12.1. The van der Waals surface area contributed by atoms with E-state index >= 15 is 0 Å². The molecule has 0 spiro atoms. The first-order valence-corrected chi connectivity index (χ1v) is 6.52. The van der Waals surface area contributed by atoms with Gasteiger partial charge in [0.25, 0.3) is 0 Å². The molecule has 0 aliphatic carbocycles. The van der Waals surface area contributed by atoms with E-state index in [1.54, 1.807) is 0 Å². The maximum Gasteiger partial charge on any atom is 0.222 e. The van der Waals surface area contributed by atoms with Crippen molar-refractivity contribution in [2.45, 2.75) is 46.5 Å². The zero-order chi connectivity index (χ0) is 12.2. The first-order valence-electron chi connectivity index (χ1n) is 6.52. The van der Waals surface area contributed by atoms with Crippen LogP contribution in [0.5, 0.6) is 0 Å². The van der Waals surface area contributed by atoms with Gasteiger partial charge in [0.15, 0.2) is 0 Å². The predicted molar refractivity (Wildman–Crippen MR) is 74.3 cm³/mol. The molecule has 0 aromatic rings. The first kappa shape index (κ1) is 16.7. The number of halogens is 1. The molecule has 4 heteroatoms. The Labute approximate surface area is 112 Å². The zero-order valence-electron chi connectivity index (χ0n) is 11.4. The quantitative estimate of drug-likeness (QED) is 0.827. The van der Waals surface area contributed by atoms with Crippen molar-refractivity contribution in [2.24, 2.45) is 17.1 Å². The first-order chi connectivity index (χ1) is 7.54. The fourth-order valence-electron chi connectivity index (χ4n) is 2.36. The van der Waals surface area contributed by atoms with E-state index in [0.717, 1.165) is 32.4 Å². The highest BCUT2D eigenvalue weighted by atomic mass is 35.5. The largest absolute Gasteiger partial charge is 0.342 e. The molecule has 1 amide bonds. The summed E-state index contributed by atoms with van der Waals surface area (Å²) in [6.07, 6.45) is 3.97. The van der Waals surface area contributed by atoms with Crippen molar-refractivity contribution in [3.05, 3.63) is 0 Å². The minimum atomic E-state index is 0. The number of rotatable bonds is 5. The summed E-state index contributed by atoms with van der Waals surface area (Å²) in [5, 5.41) is 0. The zero-order valence-corrected chi connectivity index (χ0v) is 12.2. The summed E-state index contributed by atoms with van der Waals surface area (Å²) in [7, 11) is 0. The van der Waals surface area contributed by atoms with Gasteiger partial charge in [-0.15, -0.1) is 12.4 Å². The second kappa shape index (κ2) is 7.22. The number of carbonyl (C=O) groups is 1. The SMILES string of the molecule is CCC(CC)CC(=O)N1CCC(C)(CN)C1.Cl. The molecule has 0 aromatic heterocycles. The molecule has 1 heterocycles. The molecule has 1 fully saturated rings. The smallest absolute Gasteiger partial charge is 0.222 e. The van der Waals surface area contributed by atoms with E-state index in [-0.39, 0.29) is 17.8 Å². The van der Waals surface area contributed by atoms with Crippen LogP contribution in [-0.4, -0.2) is 30.4 Å². The highest BCUT2D eigenvalue weighted by Gasteiger charge is 2.34. The summed E-state index contributed by atoms with van der Waals surface area (Å²) in [6.45, 7) is 8.93. The fourth-order valence-corrected chi connectivity index (χ4v) is 2.36. The van der Waals surface area contributed by atoms with E-state index in [4.69, 9.17) is 5.73 Å². The molecule has 1 unspecified atom stereocenters. The molecule has 1 rings (SSSR count). The van der Waals surface area contributed by atoms with Crippen molar-refractivity contribution >= 4 is 18.3 Å². The summed E-state index contributed by atoms with van der Waals surface area (Å²) < 4.78 is 0. The summed E-state index contributed by atoms with van der Waals surface area (Å²) in [5.74, 6) is 0.878. The van der Waals surface area contributed by atoms with Crippen LogP contribution in [0.4, 0.5) is 0 Å². The van der Waals surface area contributed by atoms with Crippen LogP contribution >= 0.6 is 12.4 Å². The van der Waals surface area contributed by atoms with Gasteiger partial charge in [0.2, 0.25) is 5.91 Å². The molecule has 0 radical (unpaired) electrons. The topological polar surface area (TPSA) is 46.3 Å². The van der Waals surface area contributed by atoms with E-state index in [9.17, 15) is 4.79 Å². The lowest BCUT2D eigenvalue weighted by Gasteiger charge is -2.23. The number of amides is 1. The Balaban J connectivity index is 0.00000256. The van der Waals surface area contributed by atoms with Gasteiger partial charge >= 0.3 is 0 Å². The average Bonchev–Trinajstić information content (AvgIpc) is 2.69. The van der Waals surface area contributed by atoms with Gasteiger partial charge in [-0.3, -0.25) is 4.79 Å². The third-order valence-electron chi connectivity index (χ3n) is 4.02. The van der Waals surface area contributed by atoms with Crippen LogP contribution in [0.2, 0.25) is 0 Å². The van der Waals surface area contributed by atoms with Gasteiger partial charge in [0.1, 0.15) is 0 Å². The number of hydrogen-bond acceptors (Lipinski definition) is 2. The third-order valence-corrected chi connectivity index (χ3v) is 4.02. The minimum Gasteiger partial charge on any atom is -0.342 e. The van der Waals surface area contributed by atoms with Gasteiger partial charge in [0.05, 0.1) is 0 Å². The monoisotopic (exact) mass is 262 g/mol. The summed E-state index contributed by atoms with van der Waals surface area (Å²) in [4.78, 5) is 14.1. The number of nitrogens with two attached hydrogens (primary N) is 1. The van der Waals surface area contributed by atoms with Gasteiger partial charge in [-0.25, -0.2) is 0 Å². The highest BCUT2D eigenvalue weighted by Crippen LogP contribution is 2.29. The van der Waals surface area contributed by atoms with Crippen LogP contribution in [0, 0.1) is 11.3 Å². The van der Waals surface area contributed by atoms with E-state index in [0.29, 0.717) is 24.8 Å². The summed E-state index contributed by atoms with van der Waals surface area (Å²) in [6, 6.07) is 0. The molecule has 1 aliphatic rings. The number of nitrogens with zero attached hydrogens (tertiary/aromatic N) is 1. The number of carbonyl (C=O) groups excluding carboxylic acids is 1. The fraction of sp³-hybridized carbons (Fsp3) is 0.923. The Hall–Kier alpha value is -0.280. The van der Waals surface area contributed by atoms with Crippen LogP contribution in [0.1, 0.15) is 46.5 Å². The lowest BCUT2D eigenvalue weighted by atomic mass is 9.90. The van der Waals surface area contributed by atoms with Crippen LogP contribution in [0.3, 0.4) is 0 Å². The maximum absolute atomic E-state index is 12.1. The molecule has 0 bridgehead atoms. The summed E-state index contributed by atoms with van der Waals surface area (Å²) in [5.41, 5.74) is 5.90. The van der Waals surface area contributed by atoms with Crippen LogP contribution in [0.15, 0.2) is 0 Å². The third kappa shape index (κ3) is 4.47. The van der Waals surface area contributed by atoms with Gasteiger partial charge in [0, 0.05) is 19.5 Å². The van der Waals surface area contributed by atoms with E-state index in [1.165, 1.54) is 0 Å². The van der Waals surface area contributed by atoms with Crippen LogP contribution < -0.4 is 5.73 Å². The van der Waals surface area contributed by atoms with Gasteiger partial charge < -0.3 is 10.6 Å². The average molecular weight is 263 g/mol. The molecule has 1 atom stereocenters. The molecule has 0 aromatic carbocycles. The van der Waals surface area contributed by atoms with Crippen LogP contribution in [-0.2, 0) is 4.79 Å². The van der Waals surface area contributed by atoms with Crippen molar-refractivity contribution < 1.29 is 4.79 Å².